The van der Waals surface area contributed by atoms with Crippen molar-refractivity contribution in [3.63, 3.8) is 0 Å². The fourth-order valence-electron chi connectivity index (χ4n) is 3.80. The van der Waals surface area contributed by atoms with E-state index in [1.54, 1.807) is 0 Å². The molecule has 5 nitrogen and oxygen atoms in total. The number of hydrogen-bond acceptors (Lipinski definition) is 4. The number of quaternary nitrogens is 1. The molecule has 0 amide bonds. The van der Waals surface area contributed by atoms with Crippen LogP contribution in [0.4, 0.5) is 0 Å². The third kappa shape index (κ3) is 24.8. The summed E-state index contributed by atoms with van der Waals surface area (Å²) in [5.74, 6) is -1.48. The third-order valence-electron chi connectivity index (χ3n) is 5.53. The first-order chi connectivity index (χ1) is 15.7. The van der Waals surface area contributed by atoms with Gasteiger partial charge in [0.1, 0.15) is 6.54 Å². The maximum atomic E-state index is 12.0. The molecule has 0 saturated heterocycles. The van der Waals surface area contributed by atoms with Gasteiger partial charge in [0, 0.05) is 18.8 Å². The average Bonchev–Trinajstić information content (AvgIpc) is 2.71. The maximum Gasteiger partial charge on any atom is 0.306 e. The molecule has 0 aromatic carbocycles. The molecule has 0 aliphatic heterocycles. The number of allylic oxidation sites excluding steroid dienone is 4. The lowest BCUT2D eigenvalue weighted by Gasteiger charge is -2.29. The number of hydrogen-bond donors (Lipinski definition) is 0. The van der Waals surface area contributed by atoms with Crippen molar-refractivity contribution in [3.8, 4) is 0 Å². The van der Waals surface area contributed by atoms with Crippen LogP contribution in [0.5, 0.6) is 0 Å². The summed E-state index contributed by atoms with van der Waals surface area (Å²) in [7, 11) is 5.84. The predicted octanol–water partition coefficient (Wildman–Crippen LogP) is 5.73. The SMILES string of the molecule is CCCCCC/C=C/C/C=C/CCCCCCCCCC(=O)OC(CC(=O)[O-])C[N+](C)(C)C. The maximum absolute atomic E-state index is 12.0. The molecule has 5 heteroatoms. The van der Waals surface area contributed by atoms with Gasteiger partial charge in [-0.2, -0.15) is 0 Å². The molecule has 0 fully saturated rings. The van der Waals surface area contributed by atoms with Gasteiger partial charge in [0.05, 0.1) is 21.1 Å². The number of ether oxygens (including phenoxy) is 1. The van der Waals surface area contributed by atoms with Crippen LogP contribution in [-0.4, -0.2) is 50.2 Å². The van der Waals surface area contributed by atoms with Crippen molar-refractivity contribution >= 4 is 11.9 Å². The fourth-order valence-corrected chi connectivity index (χ4v) is 3.80. The Balaban J connectivity index is 3.61. The van der Waals surface area contributed by atoms with E-state index in [2.05, 4.69) is 31.2 Å². The van der Waals surface area contributed by atoms with E-state index in [1.807, 2.05) is 21.1 Å². The number of carboxylic acids is 1. The van der Waals surface area contributed by atoms with Gasteiger partial charge in [-0.1, -0.05) is 82.6 Å². The molecule has 0 rings (SSSR count). The number of aliphatic carboxylic acids is 1. The first kappa shape index (κ1) is 31.4. The second-order valence-electron chi connectivity index (χ2n) is 10.2. The average molecular weight is 466 g/mol. The summed E-state index contributed by atoms with van der Waals surface area (Å²) >= 11 is 0. The Morgan fingerprint density at radius 2 is 1.30 bits per heavy atom. The van der Waals surface area contributed by atoms with Gasteiger partial charge in [-0.25, -0.2) is 0 Å². The molecule has 0 saturated carbocycles. The lowest BCUT2D eigenvalue weighted by Crippen LogP contribution is -2.45. The summed E-state index contributed by atoms with van der Waals surface area (Å²) in [5, 5.41) is 10.9. The zero-order valence-corrected chi connectivity index (χ0v) is 22.0. The number of carbonyl (C=O) groups excluding carboxylic acids is 2. The number of nitrogens with zero attached hydrogens (tertiary/aromatic N) is 1. The lowest BCUT2D eigenvalue weighted by atomic mass is 10.1. The summed E-state index contributed by atoms with van der Waals surface area (Å²) in [6.45, 7) is 2.71. The second-order valence-corrected chi connectivity index (χ2v) is 10.2. The van der Waals surface area contributed by atoms with E-state index in [0.717, 1.165) is 32.1 Å². The van der Waals surface area contributed by atoms with Crippen molar-refractivity contribution in [2.24, 2.45) is 0 Å². The van der Waals surface area contributed by atoms with E-state index in [4.69, 9.17) is 4.74 Å². The van der Waals surface area contributed by atoms with Crippen molar-refractivity contribution in [2.45, 2.75) is 116 Å². The van der Waals surface area contributed by atoms with Crippen molar-refractivity contribution in [3.05, 3.63) is 24.3 Å². The van der Waals surface area contributed by atoms with Gasteiger partial charge in [-0.3, -0.25) is 4.79 Å². The minimum absolute atomic E-state index is 0.244. The van der Waals surface area contributed by atoms with E-state index in [1.165, 1.54) is 57.8 Å². The minimum atomic E-state index is -1.18. The Kier molecular flexibility index (Phi) is 19.9. The van der Waals surface area contributed by atoms with Crippen LogP contribution in [0.3, 0.4) is 0 Å². The van der Waals surface area contributed by atoms with Crippen LogP contribution in [-0.2, 0) is 14.3 Å². The Labute approximate surface area is 203 Å². The molecular formula is C28H51NO4. The molecule has 0 spiro atoms. The number of esters is 1. The van der Waals surface area contributed by atoms with Gasteiger partial charge in [0.2, 0.25) is 0 Å². The standard InChI is InChI=1S/C28H51NO4/c1-5-6-7-8-9-10-11-12-13-14-15-16-17-18-19-20-21-22-23-28(32)33-26(24-27(30)31)25-29(2,3)4/h10-11,13-14,26H,5-9,12,15-25H2,1-4H3/b11-10+,14-13+. The summed E-state index contributed by atoms with van der Waals surface area (Å²) < 4.78 is 5.92. The van der Waals surface area contributed by atoms with Crippen LogP contribution in [0.25, 0.3) is 0 Å². The highest BCUT2D eigenvalue weighted by Gasteiger charge is 2.22. The molecule has 1 atom stereocenters. The van der Waals surface area contributed by atoms with Crippen molar-refractivity contribution < 1.29 is 23.9 Å². The fraction of sp³-hybridized carbons (Fsp3) is 0.786. The molecular weight excluding hydrogens is 414 g/mol. The highest BCUT2D eigenvalue weighted by Crippen LogP contribution is 2.12. The topological polar surface area (TPSA) is 66.4 Å². The largest absolute Gasteiger partial charge is 0.550 e. The molecule has 0 N–H and O–H groups in total. The Bertz CT molecular complexity index is 549. The summed E-state index contributed by atoms with van der Waals surface area (Å²) in [5.41, 5.74) is 0. The van der Waals surface area contributed by atoms with Gasteiger partial charge >= 0.3 is 5.97 Å². The van der Waals surface area contributed by atoms with Crippen LogP contribution in [0.2, 0.25) is 0 Å². The third-order valence-corrected chi connectivity index (χ3v) is 5.53. The monoisotopic (exact) mass is 465 g/mol. The van der Waals surface area contributed by atoms with Crippen LogP contribution in [0, 0.1) is 0 Å². The molecule has 0 aromatic heterocycles. The summed E-state index contributed by atoms with van der Waals surface area (Å²) in [4.78, 5) is 22.9. The zero-order chi connectivity index (χ0) is 24.8. The van der Waals surface area contributed by atoms with Crippen LogP contribution >= 0.6 is 0 Å². The normalized spacial score (nSPS) is 13.1. The molecule has 33 heavy (non-hydrogen) atoms. The number of unbranched alkanes of at least 4 members (excludes halogenated alkanes) is 11. The van der Waals surface area contributed by atoms with Crippen LogP contribution < -0.4 is 5.11 Å². The Morgan fingerprint density at radius 1 is 0.788 bits per heavy atom. The Hall–Kier alpha value is -1.62. The molecule has 0 aliphatic rings. The molecule has 0 bridgehead atoms. The van der Waals surface area contributed by atoms with E-state index in [-0.39, 0.29) is 12.4 Å². The van der Waals surface area contributed by atoms with E-state index < -0.39 is 12.1 Å². The molecule has 0 heterocycles. The zero-order valence-electron chi connectivity index (χ0n) is 22.0. The predicted molar refractivity (Wildman–Crippen MR) is 136 cm³/mol. The van der Waals surface area contributed by atoms with E-state index >= 15 is 0 Å². The second kappa shape index (κ2) is 20.9. The quantitative estimate of drug-likeness (QED) is 0.0886. The van der Waals surface area contributed by atoms with Gasteiger partial charge in [-0.15, -0.1) is 0 Å². The number of carbonyl (C=O) groups is 2. The first-order valence-corrected chi connectivity index (χ1v) is 13.2. The highest BCUT2D eigenvalue weighted by molar-refractivity contribution is 5.70. The number of likely N-dealkylation sites (N-methyl/N-ethyl adjacent to an activating group) is 1. The van der Waals surface area contributed by atoms with Crippen LogP contribution in [0.15, 0.2) is 24.3 Å². The number of rotatable bonds is 22. The summed E-state index contributed by atoms with van der Waals surface area (Å²) in [6, 6.07) is 0. The smallest absolute Gasteiger partial charge is 0.306 e. The molecule has 0 aromatic rings. The molecule has 0 aliphatic carbocycles. The highest BCUT2D eigenvalue weighted by atomic mass is 16.5. The molecule has 1 unspecified atom stereocenters. The van der Waals surface area contributed by atoms with Gasteiger partial charge in [0.25, 0.3) is 0 Å². The van der Waals surface area contributed by atoms with Crippen LogP contribution in [0.1, 0.15) is 110 Å². The minimum Gasteiger partial charge on any atom is -0.550 e. The van der Waals surface area contributed by atoms with Crippen molar-refractivity contribution in [2.75, 3.05) is 27.7 Å². The van der Waals surface area contributed by atoms with Crippen molar-refractivity contribution in [1.29, 1.82) is 0 Å². The summed E-state index contributed by atoms with van der Waals surface area (Å²) in [6.07, 6.45) is 25.3. The van der Waals surface area contributed by atoms with Crippen molar-refractivity contribution in [1.82, 2.24) is 0 Å². The van der Waals surface area contributed by atoms with Gasteiger partial charge in [-0.05, 0) is 38.5 Å². The number of carboxylic acid groups (broad SMARTS) is 1. The molecule has 0 radical (unpaired) electrons. The molecule has 192 valence electrons. The van der Waals surface area contributed by atoms with E-state index in [0.29, 0.717) is 17.4 Å². The van der Waals surface area contributed by atoms with Gasteiger partial charge < -0.3 is 19.1 Å². The first-order valence-electron chi connectivity index (χ1n) is 13.2. The lowest BCUT2D eigenvalue weighted by molar-refractivity contribution is -0.873. The van der Waals surface area contributed by atoms with Gasteiger partial charge in [0.15, 0.2) is 6.10 Å². The van der Waals surface area contributed by atoms with E-state index in [9.17, 15) is 14.7 Å². The Morgan fingerprint density at radius 3 is 1.82 bits per heavy atom.